The molecule has 0 aliphatic rings. The van der Waals surface area contributed by atoms with E-state index in [1.54, 1.807) is 0 Å². The number of carbonyl (C=O) groups is 1. The normalized spacial score (nSPS) is 11.3. The summed E-state index contributed by atoms with van der Waals surface area (Å²) < 4.78 is 25.6. The number of unbranched alkanes of at least 4 members (excludes halogenated alkanes) is 3. The molecule has 90 valence electrons. The summed E-state index contributed by atoms with van der Waals surface area (Å²) in [6, 6.07) is 0. The summed E-state index contributed by atoms with van der Waals surface area (Å²) in [7, 11) is -3.32. The molecule has 0 saturated carbocycles. The SMILES string of the molecule is CS(=O)(=O)OCCCCCCNC(=O)O. The largest absolute Gasteiger partial charge is 0.465 e. The van der Waals surface area contributed by atoms with E-state index in [1.807, 2.05) is 0 Å². The van der Waals surface area contributed by atoms with Gasteiger partial charge in [0.15, 0.2) is 0 Å². The lowest BCUT2D eigenvalue weighted by Gasteiger charge is -2.02. The maximum Gasteiger partial charge on any atom is 0.404 e. The molecular weight excluding hydrogens is 222 g/mol. The molecule has 0 aromatic heterocycles. The van der Waals surface area contributed by atoms with E-state index in [1.165, 1.54) is 0 Å². The first kappa shape index (κ1) is 14.2. The molecular formula is C8H17NO5S. The van der Waals surface area contributed by atoms with Gasteiger partial charge in [-0.05, 0) is 12.8 Å². The summed E-state index contributed by atoms with van der Waals surface area (Å²) in [5.74, 6) is 0. The Hall–Kier alpha value is -0.820. The molecule has 0 unspecified atom stereocenters. The van der Waals surface area contributed by atoms with Crippen LogP contribution >= 0.6 is 0 Å². The molecule has 1 amide bonds. The average molecular weight is 239 g/mol. The van der Waals surface area contributed by atoms with Crippen molar-refractivity contribution in [2.24, 2.45) is 0 Å². The summed E-state index contributed by atoms with van der Waals surface area (Å²) in [5.41, 5.74) is 0. The van der Waals surface area contributed by atoms with Crippen molar-refractivity contribution in [3.05, 3.63) is 0 Å². The topological polar surface area (TPSA) is 92.7 Å². The van der Waals surface area contributed by atoms with E-state index in [0.29, 0.717) is 13.0 Å². The molecule has 7 heteroatoms. The molecule has 0 saturated heterocycles. The third kappa shape index (κ3) is 13.2. The van der Waals surface area contributed by atoms with Gasteiger partial charge in [-0.25, -0.2) is 4.79 Å². The van der Waals surface area contributed by atoms with E-state index >= 15 is 0 Å². The second kappa shape index (κ2) is 7.47. The van der Waals surface area contributed by atoms with Gasteiger partial charge >= 0.3 is 6.09 Å². The molecule has 0 atom stereocenters. The maximum absolute atomic E-state index is 10.5. The number of amides is 1. The smallest absolute Gasteiger partial charge is 0.404 e. The number of rotatable bonds is 8. The van der Waals surface area contributed by atoms with Crippen LogP contribution in [0.25, 0.3) is 0 Å². The summed E-state index contributed by atoms with van der Waals surface area (Å²) in [4.78, 5) is 10.0. The van der Waals surface area contributed by atoms with Gasteiger partial charge in [0, 0.05) is 6.54 Å². The lowest BCUT2D eigenvalue weighted by molar-refractivity contribution is 0.194. The first-order valence-corrected chi connectivity index (χ1v) is 6.54. The lowest BCUT2D eigenvalue weighted by atomic mass is 10.2. The highest BCUT2D eigenvalue weighted by atomic mass is 32.2. The van der Waals surface area contributed by atoms with Crippen molar-refractivity contribution in [2.75, 3.05) is 19.4 Å². The van der Waals surface area contributed by atoms with Crippen molar-refractivity contribution in [3.8, 4) is 0 Å². The molecule has 6 nitrogen and oxygen atoms in total. The third-order valence-electron chi connectivity index (χ3n) is 1.64. The van der Waals surface area contributed by atoms with Crippen molar-refractivity contribution >= 4 is 16.2 Å². The van der Waals surface area contributed by atoms with Gasteiger partial charge in [0.05, 0.1) is 12.9 Å². The van der Waals surface area contributed by atoms with Gasteiger partial charge in [-0.15, -0.1) is 0 Å². The number of carboxylic acid groups (broad SMARTS) is 1. The molecule has 2 N–H and O–H groups in total. The Balaban J connectivity index is 3.16. The average Bonchev–Trinajstić information content (AvgIpc) is 2.07. The number of hydrogen-bond donors (Lipinski definition) is 2. The third-order valence-corrected chi connectivity index (χ3v) is 2.24. The summed E-state index contributed by atoms with van der Waals surface area (Å²) in [6.45, 7) is 0.632. The minimum atomic E-state index is -3.32. The molecule has 0 aromatic rings. The zero-order valence-corrected chi connectivity index (χ0v) is 9.55. The fraction of sp³-hybridized carbons (Fsp3) is 0.875. The van der Waals surface area contributed by atoms with Crippen LogP contribution in [0.4, 0.5) is 4.79 Å². The molecule has 0 aliphatic carbocycles. The minimum Gasteiger partial charge on any atom is -0.465 e. The van der Waals surface area contributed by atoms with E-state index in [9.17, 15) is 13.2 Å². The molecule has 0 bridgehead atoms. The van der Waals surface area contributed by atoms with Crippen LogP contribution < -0.4 is 5.32 Å². The van der Waals surface area contributed by atoms with Gasteiger partial charge in [-0.2, -0.15) is 8.42 Å². The Morgan fingerprint density at radius 3 is 2.40 bits per heavy atom. The van der Waals surface area contributed by atoms with Crippen molar-refractivity contribution in [3.63, 3.8) is 0 Å². The van der Waals surface area contributed by atoms with Gasteiger partial charge in [-0.3, -0.25) is 4.18 Å². The van der Waals surface area contributed by atoms with Crippen LogP contribution in [0.5, 0.6) is 0 Å². The monoisotopic (exact) mass is 239 g/mol. The van der Waals surface area contributed by atoms with Crippen LogP contribution in [0.3, 0.4) is 0 Å². The van der Waals surface area contributed by atoms with Gasteiger partial charge in [-0.1, -0.05) is 12.8 Å². The number of nitrogens with one attached hydrogen (secondary N) is 1. The Kier molecular flexibility index (Phi) is 7.06. The van der Waals surface area contributed by atoms with Crippen molar-refractivity contribution in [1.29, 1.82) is 0 Å². The second-order valence-corrected chi connectivity index (χ2v) is 4.82. The minimum absolute atomic E-state index is 0.200. The highest BCUT2D eigenvalue weighted by Gasteiger charge is 2.00. The quantitative estimate of drug-likeness (QED) is 0.482. The van der Waals surface area contributed by atoms with Gasteiger partial charge in [0.25, 0.3) is 10.1 Å². The molecule has 0 spiro atoms. The second-order valence-electron chi connectivity index (χ2n) is 3.17. The molecule has 0 fully saturated rings. The zero-order chi connectivity index (χ0) is 11.7. The van der Waals surface area contributed by atoms with Gasteiger partial charge in [0.1, 0.15) is 0 Å². The van der Waals surface area contributed by atoms with E-state index in [-0.39, 0.29) is 6.61 Å². The zero-order valence-electron chi connectivity index (χ0n) is 8.73. The fourth-order valence-electron chi connectivity index (χ4n) is 0.986. The van der Waals surface area contributed by atoms with E-state index in [4.69, 9.17) is 5.11 Å². The highest BCUT2D eigenvalue weighted by Crippen LogP contribution is 2.00. The molecule has 15 heavy (non-hydrogen) atoms. The van der Waals surface area contributed by atoms with E-state index in [2.05, 4.69) is 9.50 Å². The van der Waals surface area contributed by atoms with Crippen LogP contribution in [0.2, 0.25) is 0 Å². The van der Waals surface area contributed by atoms with Crippen LogP contribution in [0.1, 0.15) is 25.7 Å². The van der Waals surface area contributed by atoms with Gasteiger partial charge in [0.2, 0.25) is 0 Å². The summed E-state index contributed by atoms with van der Waals surface area (Å²) >= 11 is 0. The van der Waals surface area contributed by atoms with Crippen molar-refractivity contribution < 1.29 is 22.5 Å². The first-order chi connectivity index (χ1) is 6.92. The molecule has 0 aromatic carbocycles. The molecule has 0 aliphatic heterocycles. The molecule has 0 radical (unpaired) electrons. The molecule has 0 heterocycles. The molecule has 0 rings (SSSR count). The fourth-order valence-corrected chi connectivity index (χ4v) is 1.41. The van der Waals surface area contributed by atoms with Crippen molar-refractivity contribution in [1.82, 2.24) is 5.32 Å². The Morgan fingerprint density at radius 2 is 1.87 bits per heavy atom. The standard InChI is InChI=1S/C8H17NO5S/c1-15(12,13)14-7-5-3-2-4-6-9-8(10)11/h9H,2-7H2,1H3,(H,10,11). The summed E-state index contributed by atoms with van der Waals surface area (Å²) in [5, 5.41) is 10.5. The van der Waals surface area contributed by atoms with Crippen LogP contribution in [0, 0.1) is 0 Å². The summed E-state index contributed by atoms with van der Waals surface area (Å²) in [6.07, 6.45) is 3.11. The van der Waals surface area contributed by atoms with Crippen LogP contribution in [-0.4, -0.2) is 39.0 Å². The van der Waals surface area contributed by atoms with E-state index in [0.717, 1.165) is 25.5 Å². The van der Waals surface area contributed by atoms with E-state index < -0.39 is 16.2 Å². The highest BCUT2D eigenvalue weighted by molar-refractivity contribution is 7.85. The van der Waals surface area contributed by atoms with Crippen LogP contribution in [-0.2, 0) is 14.3 Å². The Labute approximate surface area is 89.7 Å². The maximum atomic E-state index is 10.5. The Morgan fingerprint density at radius 1 is 1.27 bits per heavy atom. The van der Waals surface area contributed by atoms with Crippen LogP contribution in [0.15, 0.2) is 0 Å². The lowest BCUT2D eigenvalue weighted by Crippen LogP contribution is -2.21. The predicted octanol–water partition coefficient (Wildman–Crippen LogP) is 0.791. The predicted molar refractivity (Wildman–Crippen MR) is 55.3 cm³/mol. The first-order valence-electron chi connectivity index (χ1n) is 4.73. The van der Waals surface area contributed by atoms with Crippen molar-refractivity contribution in [2.45, 2.75) is 25.7 Å². The number of hydrogen-bond acceptors (Lipinski definition) is 4. The Bertz CT molecular complexity index is 275. The van der Waals surface area contributed by atoms with Gasteiger partial charge < -0.3 is 10.4 Å².